The van der Waals surface area contributed by atoms with Gasteiger partial charge in [-0.3, -0.25) is 0 Å². The minimum absolute atomic E-state index is 0.206. The first-order chi connectivity index (χ1) is 6.88. The van der Waals surface area contributed by atoms with E-state index in [1.807, 2.05) is 11.8 Å². The number of hydrogen-bond acceptors (Lipinski definition) is 3. The lowest BCUT2D eigenvalue weighted by Gasteiger charge is -2.24. The molecule has 1 aliphatic rings. The van der Waals surface area contributed by atoms with Crippen LogP contribution in [0.15, 0.2) is 0 Å². The van der Waals surface area contributed by atoms with Gasteiger partial charge in [0.25, 0.3) is 0 Å². The second kappa shape index (κ2) is 5.55. The second-order valence-electron chi connectivity index (χ2n) is 5.80. The van der Waals surface area contributed by atoms with Crippen molar-refractivity contribution in [2.75, 3.05) is 12.3 Å². The Hall–Kier alpha value is 0.270. The van der Waals surface area contributed by atoms with Crippen molar-refractivity contribution in [1.29, 1.82) is 0 Å². The van der Waals surface area contributed by atoms with E-state index in [9.17, 15) is 5.11 Å². The maximum Gasteiger partial charge on any atom is 0.0669 e. The topological polar surface area (TPSA) is 32.3 Å². The van der Waals surface area contributed by atoms with Crippen molar-refractivity contribution in [2.24, 2.45) is 5.41 Å². The van der Waals surface area contributed by atoms with E-state index in [0.29, 0.717) is 11.3 Å². The van der Waals surface area contributed by atoms with Gasteiger partial charge in [0, 0.05) is 17.8 Å². The van der Waals surface area contributed by atoms with Crippen molar-refractivity contribution >= 4 is 11.8 Å². The molecule has 0 amide bonds. The van der Waals surface area contributed by atoms with Crippen molar-refractivity contribution in [3.63, 3.8) is 0 Å². The summed E-state index contributed by atoms with van der Waals surface area (Å²) in [6.07, 6.45) is 1.91. The van der Waals surface area contributed by atoms with Crippen molar-refractivity contribution in [3.8, 4) is 0 Å². The Labute approximate surface area is 98.2 Å². The van der Waals surface area contributed by atoms with Crippen LogP contribution in [0.4, 0.5) is 0 Å². The molecule has 0 spiro atoms. The standard InChI is InChI=1S/C12H25NOS/c1-9-11(5-6-15-9)13-8-10(14)7-12(2,3)4/h9-11,13-14H,5-8H2,1-4H3. The fourth-order valence-electron chi connectivity index (χ4n) is 2.07. The summed E-state index contributed by atoms with van der Waals surface area (Å²) in [6, 6.07) is 0.601. The molecule has 2 nitrogen and oxygen atoms in total. The molecule has 3 heteroatoms. The zero-order chi connectivity index (χ0) is 11.5. The van der Waals surface area contributed by atoms with E-state index in [4.69, 9.17) is 0 Å². The summed E-state index contributed by atoms with van der Waals surface area (Å²) in [6.45, 7) is 9.52. The van der Waals surface area contributed by atoms with E-state index >= 15 is 0 Å². The van der Waals surface area contributed by atoms with Crippen molar-refractivity contribution < 1.29 is 5.11 Å². The molecule has 0 aliphatic carbocycles. The third-order valence-electron chi connectivity index (χ3n) is 2.84. The average Bonchev–Trinajstić information content (AvgIpc) is 2.44. The summed E-state index contributed by atoms with van der Waals surface area (Å²) in [5.41, 5.74) is 0.219. The Morgan fingerprint density at radius 1 is 1.47 bits per heavy atom. The summed E-state index contributed by atoms with van der Waals surface area (Å²) in [4.78, 5) is 0. The number of aliphatic hydroxyl groups excluding tert-OH is 1. The first-order valence-corrected chi connectivity index (χ1v) is 6.96. The molecule has 90 valence electrons. The molecule has 1 aliphatic heterocycles. The minimum Gasteiger partial charge on any atom is -0.392 e. The molecule has 15 heavy (non-hydrogen) atoms. The number of rotatable bonds is 4. The van der Waals surface area contributed by atoms with Crippen molar-refractivity contribution in [3.05, 3.63) is 0 Å². The van der Waals surface area contributed by atoms with E-state index in [-0.39, 0.29) is 11.5 Å². The molecule has 1 fully saturated rings. The maximum absolute atomic E-state index is 9.86. The molecule has 0 radical (unpaired) electrons. The normalized spacial score (nSPS) is 29.4. The number of hydrogen-bond donors (Lipinski definition) is 2. The molecule has 0 aromatic rings. The smallest absolute Gasteiger partial charge is 0.0669 e. The summed E-state index contributed by atoms with van der Waals surface area (Å²) in [5.74, 6) is 1.26. The zero-order valence-electron chi connectivity index (χ0n) is 10.4. The largest absolute Gasteiger partial charge is 0.392 e. The third-order valence-corrected chi connectivity index (χ3v) is 4.17. The SMILES string of the molecule is CC1SCCC1NCC(O)CC(C)(C)C. The van der Waals surface area contributed by atoms with Crippen LogP contribution in [0.5, 0.6) is 0 Å². The Balaban J connectivity index is 2.19. The second-order valence-corrected chi connectivity index (χ2v) is 7.28. The van der Waals surface area contributed by atoms with Crippen LogP contribution in [-0.4, -0.2) is 34.8 Å². The van der Waals surface area contributed by atoms with E-state index in [0.717, 1.165) is 13.0 Å². The fraction of sp³-hybridized carbons (Fsp3) is 1.00. The van der Waals surface area contributed by atoms with E-state index in [1.54, 1.807) is 0 Å². The van der Waals surface area contributed by atoms with Crippen LogP contribution in [-0.2, 0) is 0 Å². The molecule has 3 atom stereocenters. The number of nitrogens with one attached hydrogen (secondary N) is 1. The lowest BCUT2D eigenvalue weighted by Crippen LogP contribution is -2.39. The highest BCUT2D eigenvalue weighted by atomic mass is 32.2. The lowest BCUT2D eigenvalue weighted by molar-refractivity contribution is 0.116. The predicted octanol–water partition coefficient (Wildman–Crippen LogP) is 2.27. The highest BCUT2D eigenvalue weighted by molar-refractivity contribution is 8.00. The Morgan fingerprint density at radius 2 is 2.13 bits per heavy atom. The van der Waals surface area contributed by atoms with Crippen LogP contribution in [0, 0.1) is 5.41 Å². The van der Waals surface area contributed by atoms with Gasteiger partial charge in [-0.05, 0) is 24.0 Å². The first-order valence-electron chi connectivity index (χ1n) is 5.91. The fourth-order valence-corrected chi connectivity index (χ4v) is 3.29. The predicted molar refractivity (Wildman–Crippen MR) is 68.4 cm³/mol. The van der Waals surface area contributed by atoms with Gasteiger partial charge in [-0.1, -0.05) is 27.7 Å². The quantitative estimate of drug-likeness (QED) is 0.778. The Morgan fingerprint density at radius 3 is 2.60 bits per heavy atom. The van der Waals surface area contributed by atoms with Crippen LogP contribution < -0.4 is 5.32 Å². The molecule has 1 saturated heterocycles. The van der Waals surface area contributed by atoms with Gasteiger partial charge in [0.2, 0.25) is 0 Å². The van der Waals surface area contributed by atoms with Gasteiger partial charge in [-0.2, -0.15) is 11.8 Å². The summed E-state index contributed by atoms with van der Waals surface area (Å²) < 4.78 is 0. The average molecular weight is 231 g/mol. The summed E-state index contributed by atoms with van der Waals surface area (Å²) in [7, 11) is 0. The molecule has 1 rings (SSSR count). The van der Waals surface area contributed by atoms with Gasteiger partial charge < -0.3 is 10.4 Å². The maximum atomic E-state index is 9.86. The molecular weight excluding hydrogens is 206 g/mol. The summed E-state index contributed by atoms with van der Waals surface area (Å²) >= 11 is 2.03. The highest BCUT2D eigenvalue weighted by Crippen LogP contribution is 2.26. The molecule has 3 unspecified atom stereocenters. The third kappa shape index (κ3) is 5.23. The van der Waals surface area contributed by atoms with Gasteiger partial charge in [0.1, 0.15) is 0 Å². The number of thioether (sulfide) groups is 1. The molecule has 0 bridgehead atoms. The van der Waals surface area contributed by atoms with Crippen LogP contribution in [0.3, 0.4) is 0 Å². The summed E-state index contributed by atoms with van der Waals surface area (Å²) in [5, 5.41) is 14.0. The van der Waals surface area contributed by atoms with Crippen LogP contribution in [0.25, 0.3) is 0 Å². The van der Waals surface area contributed by atoms with E-state index in [2.05, 4.69) is 33.0 Å². The zero-order valence-corrected chi connectivity index (χ0v) is 11.2. The number of aliphatic hydroxyl groups is 1. The Kier molecular flexibility index (Phi) is 4.94. The van der Waals surface area contributed by atoms with Gasteiger partial charge in [-0.15, -0.1) is 0 Å². The van der Waals surface area contributed by atoms with Gasteiger partial charge >= 0.3 is 0 Å². The van der Waals surface area contributed by atoms with Crippen LogP contribution >= 0.6 is 11.8 Å². The lowest BCUT2D eigenvalue weighted by atomic mass is 9.89. The van der Waals surface area contributed by atoms with Gasteiger partial charge in [0.05, 0.1) is 6.10 Å². The van der Waals surface area contributed by atoms with Gasteiger partial charge in [0.15, 0.2) is 0 Å². The molecule has 1 heterocycles. The highest BCUT2D eigenvalue weighted by Gasteiger charge is 2.24. The van der Waals surface area contributed by atoms with Crippen LogP contribution in [0.2, 0.25) is 0 Å². The molecule has 0 saturated carbocycles. The van der Waals surface area contributed by atoms with Crippen molar-refractivity contribution in [1.82, 2.24) is 5.32 Å². The van der Waals surface area contributed by atoms with Gasteiger partial charge in [-0.25, -0.2) is 0 Å². The van der Waals surface area contributed by atoms with Crippen molar-refractivity contribution in [2.45, 2.75) is 57.9 Å². The molecular formula is C12H25NOS. The minimum atomic E-state index is -0.206. The van der Waals surface area contributed by atoms with Crippen LogP contribution in [0.1, 0.15) is 40.5 Å². The molecule has 2 N–H and O–H groups in total. The Bertz CT molecular complexity index is 191. The van der Waals surface area contributed by atoms with E-state index in [1.165, 1.54) is 12.2 Å². The monoisotopic (exact) mass is 231 g/mol. The molecule has 0 aromatic heterocycles. The molecule has 0 aromatic carbocycles. The van der Waals surface area contributed by atoms with E-state index < -0.39 is 0 Å². The first kappa shape index (κ1) is 13.3.